The number of aliphatic hydroxyl groups excluding tert-OH is 1. The highest BCUT2D eigenvalue weighted by Gasteiger charge is 2.03. The van der Waals surface area contributed by atoms with Crippen molar-refractivity contribution in [1.29, 1.82) is 0 Å². The molecule has 0 saturated heterocycles. The van der Waals surface area contributed by atoms with Gasteiger partial charge in [-0.1, -0.05) is 6.92 Å². The molecule has 0 aromatic heterocycles. The second-order valence-electron chi connectivity index (χ2n) is 2.35. The van der Waals surface area contributed by atoms with Gasteiger partial charge in [0.05, 0.1) is 18.8 Å². The highest BCUT2D eigenvalue weighted by atomic mass is 16.5. The van der Waals surface area contributed by atoms with Crippen LogP contribution in [0.4, 0.5) is 0 Å². The molecule has 0 fully saturated rings. The van der Waals surface area contributed by atoms with Crippen molar-refractivity contribution in [2.24, 2.45) is 0 Å². The van der Waals surface area contributed by atoms with Crippen LogP contribution in [0.3, 0.4) is 0 Å². The van der Waals surface area contributed by atoms with Crippen LogP contribution in [0.1, 0.15) is 27.2 Å². The lowest BCUT2D eigenvalue weighted by atomic mass is 10.3. The molecule has 0 amide bonds. The van der Waals surface area contributed by atoms with Crippen molar-refractivity contribution >= 4 is 0 Å². The van der Waals surface area contributed by atoms with Crippen molar-refractivity contribution in [3.05, 3.63) is 0 Å². The third kappa shape index (κ3) is 4.43. The summed E-state index contributed by atoms with van der Waals surface area (Å²) in [5.74, 6) is 0. The molecule has 2 atom stereocenters. The molecule has 0 aliphatic rings. The Bertz CT molecular complexity index is 55.9. The standard InChI is InChI=1S/C7H16O2/c1-4-6(2)9-7(3)5-8/h6-8H,4-5H2,1-3H3. The molecule has 1 N–H and O–H groups in total. The summed E-state index contributed by atoms with van der Waals surface area (Å²) in [7, 11) is 0. The zero-order chi connectivity index (χ0) is 7.28. The van der Waals surface area contributed by atoms with Crippen LogP contribution in [0.25, 0.3) is 0 Å². The van der Waals surface area contributed by atoms with Gasteiger partial charge in [-0.2, -0.15) is 0 Å². The highest BCUT2D eigenvalue weighted by molar-refractivity contribution is 4.50. The van der Waals surface area contributed by atoms with Crippen molar-refractivity contribution < 1.29 is 9.84 Å². The summed E-state index contributed by atoms with van der Waals surface area (Å²) in [6.07, 6.45) is 1.26. The highest BCUT2D eigenvalue weighted by Crippen LogP contribution is 1.99. The topological polar surface area (TPSA) is 29.5 Å². The van der Waals surface area contributed by atoms with Gasteiger partial charge < -0.3 is 9.84 Å². The summed E-state index contributed by atoms with van der Waals surface area (Å²) in [5.41, 5.74) is 0. The smallest absolute Gasteiger partial charge is 0.0781 e. The predicted octanol–water partition coefficient (Wildman–Crippen LogP) is 1.18. The maximum Gasteiger partial charge on any atom is 0.0781 e. The number of hydrogen-bond donors (Lipinski definition) is 1. The van der Waals surface area contributed by atoms with Crippen molar-refractivity contribution in [3.63, 3.8) is 0 Å². The van der Waals surface area contributed by atoms with Gasteiger partial charge in [-0.3, -0.25) is 0 Å². The number of rotatable bonds is 4. The fourth-order valence-electron chi connectivity index (χ4n) is 0.536. The summed E-state index contributed by atoms with van der Waals surface area (Å²) >= 11 is 0. The minimum atomic E-state index is -0.0139. The summed E-state index contributed by atoms with van der Waals surface area (Å²) in [6.45, 7) is 6.05. The molecule has 2 heteroatoms. The third-order valence-corrected chi connectivity index (χ3v) is 1.30. The van der Waals surface area contributed by atoms with Gasteiger partial charge in [0.15, 0.2) is 0 Å². The van der Waals surface area contributed by atoms with E-state index in [9.17, 15) is 0 Å². The minimum absolute atomic E-state index is 0.0139. The van der Waals surface area contributed by atoms with Gasteiger partial charge in [0.1, 0.15) is 0 Å². The van der Waals surface area contributed by atoms with Crippen LogP contribution in [0, 0.1) is 0 Å². The van der Waals surface area contributed by atoms with Crippen LogP contribution in [0.15, 0.2) is 0 Å². The Morgan fingerprint density at radius 3 is 2.22 bits per heavy atom. The molecule has 0 aromatic carbocycles. The van der Waals surface area contributed by atoms with Gasteiger partial charge in [-0.25, -0.2) is 0 Å². The second-order valence-corrected chi connectivity index (χ2v) is 2.35. The first-order chi connectivity index (χ1) is 4.20. The molecule has 0 aromatic rings. The van der Waals surface area contributed by atoms with Gasteiger partial charge >= 0.3 is 0 Å². The molecule has 0 spiro atoms. The molecular weight excluding hydrogens is 116 g/mol. The Hall–Kier alpha value is -0.0800. The minimum Gasteiger partial charge on any atom is -0.394 e. The molecule has 9 heavy (non-hydrogen) atoms. The molecule has 2 nitrogen and oxygen atoms in total. The van der Waals surface area contributed by atoms with E-state index in [-0.39, 0.29) is 18.8 Å². The quantitative estimate of drug-likeness (QED) is 0.622. The fraction of sp³-hybridized carbons (Fsp3) is 1.00. The average molecular weight is 132 g/mol. The Kier molecular flexibility index (Phi) is 4.72. The normalized spacial score (nSPS) is 17.3. The van der Waals surface area contributed by atoms with Gasteiger partial charge in [0, 0.05) is 0 Å². The molecule has 0 bridgehead atoms. The van der Waals surface area contributed by atoms with Crippen molar-refractivity contribution in [2.75, 3.05) is 6.61 Å². The fourth-order valence-corrected chi connectivity index (χ4v) is 0.536. The lowest BCUT2D eigenvalue weighted by Gasteiger charge is -2.14. The molecule has 0 radical (unpaired) electrons. The van der Waals surface area contributed by atoms with Crippen LogP contribution < -0.4 is 0 Å². The maximum atomic E-state index is 8.55. The van der Waals surface area contributed by atoms with Crippen molar-refractivity contribution in [2.45, 2.75) is 39.4 Å². The molecule has 0 aliphatic carbocycles. The molecular formula is C7H16O2. The van der Waals surface area contributed by atoms with Gasteiger partial charge in [-0.05, 0) is 20.3 Å². The van der Waals surface area contributed by atoms with Crippen molar-refractivity contribution in [1.82, 2.24) is 0 Å². The van der Waals surface area contributed by atoms with E-state index in [0.29, 0.717) is 0 Å². The molecule has 0 saturated carbocycles. The summed E-state index contributed by atoms with van der Waals surface area (Å²) < 4.78 is 5.30. The van der Waals surface area contributed by atoms with Crippen LogP contribution in [-0.4, -0.2) is 23.9 Å². The maximum absolute atomic E-state index is 8.55. The van der Waals surface area contributed by atoms with Gasteiger partial charge in [-0.15, -0.1) is 0 Å². The SMILES string of the molecule is CCC(C)OC(C)CO. The van der Waals surface area contributed by atoms with E-state index in [0.717, 1.165) is 6.42 Å². The van der Waals surface area contributed by atoms with Gasteiger partial charge in [0.25, 0.3) is 0 Å². The second kappa shape index (κ2) is 4.77. The Balaban J connectivity index is 3.22. The lowest BCUT2D eigenvalue weighted by molar-refractivity contribution is -0.0217. The number of aliphatic hydroxyl groups is 1. The lowest BCUT2D eigenvalue weighted by Crippen LogP contribution is -2.19. The molecule has 0 heterocycles. The van der Waals surface area contributed by atoms with E-state index >= 15 is 0 Å². The Morgan fingerprint density at radius 2 is 1.89 bits per heavy atom. The summed E-state index contributed by atoms with van der Waals surface area (Å²) in [4.78, 5) is 0. The Morgan fingerprint density at radius 1 is 1.33 bits per heavy atom. The van der Waals surface area contributed by atoms with Crippen LogP contribution in [0.5, 0.6) is 0 Å². The molecule has 0 aliphatic heterocycles. The first-order valence-electron chi connectivity index (χ1n) is 3.47. The van der Waals surface area contributed by atoms with Crippen LogP contribution in [-0.2, 0) is 4.74 Å². The van der Waals surface area contributed by atoms with Crippen LogP contribution in [0.2, 0.25) is 0 Å². The number of ether oxygens (including phenoxy) is 1. The van der Waals surface area contributed by atoms with E-state index < -0.39 is 0 Å². The van der Waals surface area contributed by atoms with E-state index in [1.807, 2.05) is 13.8 Å². The molecule has 56 valence electrons. The first-order valence-corrected chi connectivity index (χ1v) is 3.47. The average Bonchev–Trinajstić information content (AvgIpc) is 1.87. The zero-order valence-corrected chi connectivity index (χ0v) is 6.42. The molecule has 2 unspecified atom stereocenters. The van der Waals surface area contributed by atoms with E-state index in [2.05, 4.69) is 6.92 Å². The molecule has 0 rings (SSSR count). The van der Waals surface area contributed by atoms with E-state index in [1.54, 1.807) is 0 Å². The third-order valence-electron chi connectivity index (χ3n) is 1.30. The summed E-state index contributed by atoms with van der Waals surface area (Å²) in [6, 6.07) is 0. The van der Waals surface area contributed by atoms with Crippen molar-refractivity contribution in [3.8, 4) is 0 Å². The van der Waals surface area contributed by atoms with Crippen LogP contribution >= 0.6 is 0 Å². The largest absolute Gasteiger partial charge is 0.394 e. The monoisotopic (exact) mass is 132 g/mol. The number of hydrogen-bond acceptors (Lipinski definition) is 2. The Labute approximate surface area is 56.8 Å². The first kappa shape index (κ1) is 8.92. The zero-order valence-electron chi connectivity index (χ0n) is 6.42. The van der Waals surface area contributed by atoms with E-state index in [1.165, 1.54) is 0 Å². The van der Waals surface area contributed by atoms with Gasteiger partial charge in [0.2, 0.25) is 0 Å². The van der Waals surface area contributed by atoms with E-state index in [4.69, 9.17) is 9.84 Å². The predicted molar refractivity (Wildman–Crippen MR) is 37.4 cm³/mol. The summed E-state index contributed by atoms with van der Waals surface area (Å²) in [5, 5.41) is 8.55.